The summed E-state index contributed by atoms with van der Waals surface area (Å²) in [5.41, 5.74) is 0. The van der Waals surface area contributed by atoms with E-state index < -0.39 is 12.0 Å². The van der Waals surface area contributed by atoms with Crippen molar-refractivity contribution >= 4 is 17.8 Å². The fraction of sp³-hybridized carbons (Fsp3) is 0.800. The van der Waals surface area contributed by atoms with Crippen LogP contribution in [0.4, 0.5) is 0 Å². The van der Waals surface area contributed by atoms with Crippen LogP contribution in [0.5, 0.6) is 0 Å². The van der Waals surface area contributed by atoms with Crippen LogP contribution < -0.4 is 5.32 Å². The average molecular weight is 296 g/mol. The highest BCUT2D eigenvalue weighted by Gasteiger charge is 2.38. The molecule has 0 heterocycles. The molecule has 2 rings (SSSR count). The Morgan fingerprint density at radius 3 is 2.33 bits per heavy atom. The summed E-state index contributed by atoms with van der Waals surface area (Å²) in [6, 6.07) is -0.813. The maximum absolute atomic E-state index is 12.2. The van der Waals surface area contributed by atoms with Gasteiger partial charge in [-0.15, -0.1) is 0 Å². The summed E-state index contributed by atoms with van der Waals surface area (Å²) >= 11 is 0. The number of carbonyl (C=O) groups is 3. The number of amides is 2. The number of carboxylic acids is 1. The lowest BCUT2D eigenvalue weighted by Gasteiger charge is -2.26. The SMILES string of the molecule is CC(C(=O)O)N(C(=O)CNC(=O)CC1CCCC1)C1CC1. The Balaban J connectivity index is 1.78. The normalized spacial score (nSPS) is 20.0. The summed E-state index contributed by atoms with van der Waals surface area (Å²) < 4.78 is 0. The van der Waals surface area contributed by atoms with Crippen LogP contribution in [-0.4, -0.2) is 46.4 Å². The third-order valence-electron chi connectivity index (χ3n) is 4.39. The molecule has 0 aromatic rings. The molecule has 0 aromatic heterocycles. The predicted molar refractivity (Wildman–Crippen MR) is 76.6 cm³/mol. The Morgan fingerprint density at radius 1 is 1.19 bits per heavy atom. The van der Waals surface area contributed by atoms with E-state index in [4.69, 9.17) is 5.11 Å². The van der Waals surface area contributed by atoms with Gasteiger partial charge in [-0.05, 0) is 38.5 Å². The topological polar surface area (TPSA) is 86.7 Å². The molecule has 0 saturated heterocycles. The first-order valence-corrected chi connectivity index (χ1v) is 7.79. The summed E-state index contributed by atoms with van der Waals surface area (Å²) in [5.74, 6) is -0.966. The van der Waals surface area contributed by atoms with Crippen molar-refractivity contribution < 1.29 is 19.5 Å². The van der Waals surface area contributed by atoms with Crippen LogP contribution in [0, 0.1) is 5.92 Å². The zero-order valence-corrected chi connectivity index (χ0v) is 12.5. The van der Waals surface area contributed by atoms with Gasteiger partial charge in [0, 0.05) is 12.5 Å². The van der Waals surface area contributed by atoms with E-state index in [1.165, 1.54) is 24.7 Å². The molecule has 0 aliphatic heterocycles. The number of hydrogen-bond donors (Lipinski definition) is 2. The van der Waals surface area contributed by atoms with Crippen molar-refractivity contribution in [2.45, 2.75) is 64.0 Å². The fourth-order valence-electron chi connectivity index (χ4n) is 3.02. The van der Waals surface area contributed by atoms with Crippen LogP contribution in [0.3, 0.4) is 0 Å². The number of carboxylic acid groups (broad SMARTS) is 1. The zero-order chi connectivity index (χ0) is 15.4. The van der Waals surface area contributed by atoms with Crippen molar-refractivity contribution in [2.24, 2.45) is 5.92 Å². The van der Waals surface area contributed by atoms with Gasteiger partial charge in [0.15, 0.2) is 0 Å². The van der Waals surface area contributed by atoms with Crippen LogP contribution in [0.2, 0.25) is 0 Å². The van der Waals surface area contributed by atoms with Crippen LogP contribution in [0.15, 0.2) is 0 Å². The first-order chi connectivity index (χ1) is 9.99. The van der Waals surface area contributed by atoms with Gasteiger partial charge in [0.25, 0.3) is 0 Å². The monoisotopic (exact) mass is 296 g/mol. The second-order valence-electron chi connectivity index (χ2n) is 6.18. The lowest BCUT2D eigenvalue weighted by atomic mass is 10.0. The number of aliphatic carboxylic acids is 1. The van der Waals surface area contributed by atoms with Gasteiger partial charge in [-0.2, -0.15) is 0 Å². The van der Waals surface area contributed by atoms with Gasteiger partial charge in [-0.25, -0.2) is 4.79 Å². The largest absolute Gasteiger partial charge is 0.480 e. The van der Waals surface area contributed by atoms with Crippen molar-refractivity contribution in [2.75, 3.05) is 6.54 Å². The molecule has 6 heteroatoms. The molecule has 1 atom stereocenters. The van der Waals surface area contributed by atoms with Gasteiger partial charge >= 0.3 is 5.97 Å². The predicted octanol–water partition coefficient (Wildman–Crippen LogP) is 1.15. The minimum absolute atomic E-state index is 0.0235. The van der Waals surface area contributed by atoms with Crippen LogP contribution in [0.25, 0.3) is 0 Å². The van der Waals surface area contributed by atoms with Crippen molar-refractivity contribution in [1.29, 1.82) is 0 Å². The quantitative estimate of drug-likeness (QED) is 0.738. The standard InChI is InChI=1S/C15H24N2O4/c1-10(15(20)21)17(12-6-7-12)14(19)9-16-13(18)8-11-4-2-3-5-11/h10-12H,2-9H2,1H3,(H,16,18)(H,20,21). The molecule has 118 valence electrons. The molecular formula is C15H24N2O4. The van der Waals surface area contributed by atoms with E-state index in [2.05, 4.69) is 5.32 Å². The highest BCUT2D eigenvalue weighted by molar-refractivity contribution is 5.88. The molecule has 2 saturated carbocycles. The molecule has 6 nitrogen and oxygen atoms in total. The summed E-state index contributed by atoms with van der Waals surface area (Å²) in [7, 11) is 0. The molecule has 2 fully saturated rings. The van der Waals surface area contributed by atoms with E-state index in [9.17, 15) is 14.4 Å². The molecule has 2 N–H and O–H groups in total. The Labute approximate surface area is 124 Å². The molecule has 2 amide bonds. The van der Waals surface area contributed by atoms with Gasteiger partial charge < -0.3 is 15.3 Å². The molecule has 0 bridgehead atoms. The van der Waals surface area contributed by atoms with Crippen LogP contribution in [0.1, 0.15) is 51.9 Å². The highest BCUT2D eigenvalue weighted by Crippen LogP contribution is 2.29. The Kier molecular flexibility index (Phi) is 5.20. The molecule has 0 spiro atoms. The first-order valence-electron chi connectivity index (χ1n) is 7.79. The summed E-state index contributed by atoms with van der Waals surface area (Å²) in [4.78, 5) is 36.4. The lowest BCUT2D eigenvalue weighted by molar-refractivity contribution is -0.149. The highest BCUT2D eigenvalue weighted by atomic mass is 16.4. The fourth-order valence-corrected chi connectivity index (χ4v) is 3.02. The van der Waals surface area contributed by atoms with Crippen molar-refractivity contribution in [3.05, 3.63) is 0 Å². The minimum Gasteiger partial charge on any atom is -0.480 e. The van der Waals surface area contributed by atoms with E-state index in [1.807, 2.05) is 0 Å². The average Bonchev–Trinajstić information content (AvgIpc) is 3.13. The molecule has 0 radical (unpaired) electrons. The van der Waals surface area contributed by atoms with Crippen LogP contribution >= 0.6 is 0 Å². The van der Waals surface area contributed by atoms with Crippen molar-refractivity contribution in [3.8, 4) is 0 Å². The molecule has 2 aliphatic carbocycles. The third-order valence-corrected chi connectivity index (χ3v) is 4.39. The van der Waals surface area contributed by atoms with Crippen molar-refractivity contribution in [3.63, 3.8) is 0 Å². The lowest BCUT2D eigenvalue weighted by Crippen LogP contribution is -2.48. The maximum Gasteiger partial charge on any atom is 0.326 e. The number of carbonyl (C=O) groups excluding carboxylic acids is 2. The van der Waals surface area contributed by atoms with E-state index in [-0.39, 0.29) is 24.4 Å². The summed E-state index contributed by atoms with van der Waals surface area (Å²) in [6.45, 7) is 1.42. The smallest absolute Gasteiger partial charge is 0.326 e. The van der Waals surface area contributed by atoms with E-state index in [1.54, 1.807) is 0 Å². The number of nitrogens with one attached hydrogen (secondary N) is 1. The minimum atomic E-state index is -1.01. The Morgan fingerprint density at radius 2 is 1.81 bits per heavy atom. The number of hydrogen-bond acceptors (Lipinski definition) is 3. The molecular weight excluding hydrogens is 272 g/mol. The Hall–Kier alpha value is -1.59. The van der Waals surface area contributed by atoms with E-state index in [0.29, 0.717) is 12.3 Å². The van der Waals surface area contributed by atoms with Gasteiger partial charge in [-0.3, -0.25) is 9.59 Å². The Bertz CT molecular complexity index is 414. The molecule has 21 heavy (non-hydrogen) atoms. The summed E-state index contributed by atoms with van der Waals surface area (Å²) in [6.07, 6.45) is 6.71. The number of rotatable bonds is 7. The second kappa shape index (κ2) is 6.91. The maximum atomic E-state index is 12.2. The third kappa shape index (κ3) is 4.44. The van der Waals surface area contributed by atoms with Crippen molar-refractivity contribution in [1.82, 2.24) is 10.2 Å². The summed E-state index contributed by atoms with van der Waals surface area (Å²) in [5, 5.41) is 11.7. The van der Waals surface area contributed by atoms with E-state index >= 15 is 0 Å². The molecule has 0 aromatic carbocycles. The van der Waals surface area contributed by atoms with Gasteiger partial charge in [0.2, 0.25) is 11.8 Å². The second-order valence-corrected chi connectivity index (χ2v) is 6.18. The van der Waals surface area contributed by atoms with Gasteiger partial charge in [0.05, 0.1) is 6.54 Å². The molecule has 1 unspecified atom stereocenters. The van der Waals surface area contributed by atoms with Gasteiger partial charge in [0.1, 0.15) is 6.04 Å². The van der Waals surface area contributed by atoms with Gasteiger partial charge in [-0.1, -0.05) is 12.8 Å². The van der Waals surface area contributed by atoms with Crippen LogP contribution in [-0.2, 0) is 14.4 Å². The molecule has 2 aliphatic rings. The zero-order valence-electron chi connectivity index (χ0n) is 12.5. The van der Waals surface area contributed by atoms with E-state index in [0.717, 1.165) is 25.7 Å². The number of nitrogens with zero attached hydrogens (tertiary/aromatic N) is 1. The first kappa shape index (κ1) is 15.8.